The summed E-state index contributed by atoms with van der Waals surface area (Å²) >= 11 is 0. The number of piperidine rings is 1. The Balaban J connectivity index is 2.33. The van der Waals surface area contributed by atoms with E-state index in [9.17, 15) is 4.79 Å². The summed E-state index contributed by atoms with van der Waals surface area (Å²) in [6.07, 6.45) is 3.33. The van der Waals surface area contributed by atoms with Gasteiger partial charge in [-0.25, -0.2) is 4.98 Å². The van der Waals surface area contributed by atoms with Gasteiger partial charge in [0.25, 0.3) is 5.91 Å². The molecule has 1 fully saturated rings. The summed E-state index contributed by atoms with van der Waals surface area (Å²) in [4.78, 5) is 19.1. The first kappa shape index (κ1) is 14.1. The number of carbonyl (C=O) groups is 1. The van der Waals surface area contributed by atoms with Crippen LogP contribution in [-0.4, -0.2) is 27.9 Å². The largest absolute Gasteiger partial charge is 0.436 e. The van der Waals surface area contributed by atoms with Gasteiger partial charge in [-0.1, -0.05) is 13.8 Å². The van der Waals surface area contributed by atoms with Gasteiger partial charge in [-0.15, -0.1) is 0 Å². The van der Waals surface area contributed by atoms with Crippen molar-refractivity contribution < 1.29 is 9.21 Å². The summed E-state index contributed by atoms with van der Waals surface area (Å²) in [6, 6.07) is 0.559. The van der Waals surface area contributed by atoms with E-state index in [0.29, 0.717) is 11.7 Å². The predicted octanol–water partition coefficient (Wildman–Crippen LogP) is 3.51. The van der Waals surface area contributed by atoms with Crippen molar-refractivity contribution in [3.05, 3.63) is 17.3 Å². The van der Waals surface area contributed by atoms with Crippen molar-refractivity contribution in [2.75, 3.05) is 0 Å². The number of carbonyl (C=O) groups excluding carboxylic acids is 1. The van der Waals surface area contributed by atoms with Crippen molar-refractivity contribution in [1.29, 1.82) is 0 Å². The SMILES string of the molecule is Cc1nc(C(C)C)c(C(=O)N2C(C)CCCC2C)o1. The minimum absolute atomic E-state index is 0.00370. The Morgan fingerprint density at radius 1 is 1.32 bits per heavy atom. The highest BCUT2D eigenvalue weighted by atomic mass is 16.4. The fourth-order valence-electron chi connectivity index (χ4n) is 2.93. The lowest BCUT2D eigenvalue weighted by molar-refractivity contribution is 0.0475. The zero-order valence-electron chi connectivity index (χ0n) is 12.6. The van der Waals surface area contributed by atoms with Crippen LogP contribution in [0, 0.1) is 6.92 Å². The van der Waals surface area contributed by atoms with Crippen molar-refractivity contribution in [3.8, 4) is 0 Å². The van der Waals surface area contributed by atoms with Crippen LogP contribution in [0.5, 0.6) is 0 Å². The summed E-state index contributed by atoms with van der Waals surface area (Å²) in [6.45, 7) is 10.1. The smallest absolute Gasteiger partial charge is 0.292 e. The van der Waals surface area contributed by atoms with Gasteiger partial charge in [0.2, 0.25) is 5.76 Å². The van der Waals surface area contributed by atoms with Crippen LogP contribution in [0.2, 0.25) is 0 Å². The molecule has 0 aromatic carbocycles. The van der Waals surface area contributed by atoms with Gasteiger partial charge >= 0.3 is 0 Å². The van der Waals surface area contributed by atoms with Crippen LogP contribution in [0.1, 0.15) is 75.0 Å². The quantitative estimate of drug-likeness (QED) is 0.821. The zero-order valence-corrected chi connectivity index (χ0v) is 12.6. The molecule has 0 bridgehead atoms. The minimum atomic E-state index is 0.00370. The Kier molecular flexibility index (Phi) is 3.97. The molecular formula is C15H24N2O2. The maximum Gasteiger partial charge on any atom is 0.292 e. The number of aromatic nitrogens is 1. The van der Waals surface area contributed by atoms with Gasteiger partial charge < -0.3 is 9.32 Å². The molecule has 1 amide bonds. The van der Waals surface area contributed by atoms with E-state index < -0.39 is 0 Å². The first-order valence-corrected chi connectivity index (χ1v) is 7.21. The van der Waals surface area contributed by atoms with Crippen LogP contribution in [0.15, 0.2) is 4.42 Å². The van der Waals surface area contributed by atoms with E-state index in [1.165, 1.54) is 6.42 Å². The van der Waals surface area contributed by atoms with Crippen LogP contribution in [0.4, 0.5) is 0 Å². The molecule has 19 heavy (non-hydrogen) atoms. The van der Waals surface area contributed by atoms with Gasteiger partial charge in [-0.2, -0.15) is 0 Å². The lowest BCUT2D eigenvalue weighted by Crippen LogP contribution is -2.47. The Labute approximate surface area is 115 Å². The number of nitrogens with zero attached hydrogens (tertiary/aromatic N) is 2. The Morgan fingerprint density at radius 2 is 1.89 bits per heavy atom. The number of oxazole rings is 1. The molecule has 0 spiro atoms. The molecule has 2 rings (SSSR count). The number of likely N-dealkylation sites (tertiary alicyclic amines) is 1. The maximum atomic E-state index is 12.8. The lowest BCUT2D eigenvalue weighted by Gasteiger charge is -2.38. The number of amides is 1. The first-order valence-electron chi connectivity index (χ1n) is 7.21. The predicted molar refractivity (Wildman–Crippen MR) is 74.3 cm³/mol. The molecule has 106 valence electrons. The molecule has 1 aliphatic rings. The summed E-state index contributed by atoms with van der Waals surface area (Å²) in [5.74, 6) is 1.22. The average Bonchev–Trinajstić information content (AvgIpc) is 2.71. The van der Waals surface area contributed by atoms with Gasteiger partial charge in [0.15, 0.2) is 5.89 Å². The second-order valence-corrected chi connectivity index (χ2v) is 5.94. The Morgan fingerprint density at radius 3 is 2.42 bits per heavy atom. The van der Waals surface area contributed by atoms with Gasteiger partial charge in [0, 0.05) is 19.0 Å². The minimum Gasteiger partial charge on any atom is -0.436 e. The highest BCUT2D eigenvalue weighted by Crippen LogP contribution is 2.28. The van der Waals surface area contributed by atoms with E-state index in [1.807, 2.05) is 18.7 Å². The van der Waals surface area contributed by atoms with Crippen molar-refractivity contribution in [2.24, 2.45) is 0 Å². The van der Waals surface area contributed by atoms with Gasteiger partial charge in [0.05, 0.1) is 5.69 Å². The molecule has 2 heterocycles. The summed E-state index contributed by atoms with van der Waals surface area (Å²) in [7, 11) is 0. The molecule has 1 aromatic rings. The molecule has 4 nitrogen and oxygen atoms in total. The average molecular weight is 264 g/mol. The van der Waals surface area contributed by atoms with Crippen LogP contribution in [-0.2, 0) is 0 Å². The maximum absolute atomic E-state index is 12.8. The van der Waals surface area contributed by atoms with Crippen molar-refractivity contribution in [2.45, 2.75) is 71.9 Å². The lowest BCUT2D eigenvalue weighted by atomic mass is 9.96. The molecule has 2 unspecified atom stereocenters. The third-order valence-electron chi connectivity index (χ3n) is 3.93. The van der Waals surface area contributed by atoms with E-state index in [4.69, 9.17) is 4.42 Å². The molecule has 1 aromatic heterocycles. The zero-order chi connectivity index (χ0) is 14.2. The van der Waals surface area contributed by atoms with Crippen LogP contribution >= 0.6 is 0 Å². The van der Waals surface area contributed by atoms with E-state index in [0.717, 1.165) is 18.5 Å². The second kappa shape index (κ2) is 5.35. The van der Waals surface area contributed by atoms with Crippen LogP contribution < -0.4 is 0 Å². The van der Waals surface area contributed by atoms with Crippen LogP contribution in [0.3, 0.4) is 0 Å². The molecule has 1 saturated heterocycles. The summed E-state index contributed by atoms with van der Waals surface area (Å²) in [5.41, 5.74) is 0.785. The van der Waals surface area contributed by atoms with Crippen LogP contribution in [0.25, 0.3) is 0 Å². The monoisotopic (exact) mass is 264 g/mol. The van der Waals surface area contributed by atoms with Gasteiger partial charge in [-0.05, 0) is 39.0 Å². The van der Waals surface area contributed by atoms with Crippen molar-refractivity contribution >= 4 is 5.91 Å². The fourth-order valence-corrected chi connectivity index (χ4v) is 2.93. The van der Waals surface area contributed by atoms with E-state index in [-0.39, 0.29) is 23.9 Å². The Hall–Kier alpha value is -1.32. The molecular weight excluding hydrogens is 240 g/mol. The van der Waals surface area contributed by atoms with E-state index in [2.05, 4.69) is 18.8 Å². The number of hydrogen-bond donors (Lipinski definition) is 0. The molecule has 0 N–H and O–H groups in total. The third kappa shape index (κ3) is 2.67. The fraction of sp³-hybridized carbons (Fsp3) is 0.733. The summed E-state index contributed by atoms with van der Waals surface area (Å²) < 4.78 is 5.59. The standard InChI is InChI=1S/C15H24N2O2/c1-9(2)13-14(19-12(5)16-13)15(18)17-10(3)7-6-8-11(17)4/h9-11H,6-8H2,1-5H3. The molecule has 2 atom stereocenters. The van der Waals surface area contributed by atoms with Crippen molar-refractivity contribution in [1.82, 2.24) is 9.88 Å². The number of aryl methyl sites for hydroxylation is 1. The molecule has 0 saturated carbocycles. The molecule has 4 heteroatoms. The highest BCUT2D eigenvalue weighted by molar-refractivity contribution is 5.93. The number of rotatable bonds is 2. The molecule has 0 aliphatic carbocycles. The van der Waals surface area contributed by atoms with Gasteiger partial charge in [0.1, 0.15) is 0 Å². The second-order valence-electron chi connectivity index (χ2n) is 5.94. The highest BCUT2D eigenvalue weighted by Gasteiger charge is 2.33. The van der Waals surface area contributed by atoms with Crippen molar-refractivity contribution in [3.63, 3.8) is 0 Å². The summed E-state index contributed by atoms with van der Waals surface area (Å²) in [5, 5.41) is 0. The van der Waals surface area contributed by atoms with E-state index >= 15 is 0 Å². The molecule has 1 aliphatic heterocycles. The normalized spacial score (nSPS) is 24.0. The van der Waals surface area contributed by atoms with E-state index in [1.54, 1.807) is 6.92 Å². The molecule has 0 radical (unpaired) electrons. The number of hydrogen-bond acceptors (Lipinski definition) is 3. The van der Waals surface area contributed by atoms with Gasteiger partial charge in [-0.3, -0.25) is 4.79 Å². The topological polar surface area (TPSA) is 46.3 Å². The third-order valence-corrected chi connectivity index (χ3v) is 3.93. The Bertz CT molecular complexity index is 455. The first-order chi connectivity index (χ1) is 8.91.